The van der Waals surface area contributed by atoms with Crippen molar-refractivity contribution in [3.63, 3.8) is 0 Å². The maximum Gasteiger partial charge on any atom is 0.305 e. The highest BCUT2D eigenvalue weighted by Gasteiger charge is 2.32. The molecule has 0 amide bonds. The van der Waals surface area contributed by atoms with E-state index in [-0.39, 0.29) is 12.1 Å². The number of hydrogen-bond donors (Lipinski definition) is 0. The Bertz CT molecular complexity index is 292. The van der Waals surface area contributed by atoms with Gasteiger partial charge in [-0.1, -0.05) is 39.5 Å². The highest BCUT2D eigenvalue weighted by molar-refractivity contribution is 5.69. The number of carbonyl (C=O) groups excluding carboxylic acids is 1. The Kier molecular flexibility index (Phi) is 6.38. The highest BCUT2D eigenvalue weighted by atomic mass is 16.5. The van der Waals surface area contributed by atoms with Crippen LogP contribution in [0.1, 0.15) is 84.5 Å². The summed E-state index contributed by atoms with van der Waals surface area (Å²) in [6.45, 7) is 4.19. The summed E-state index contributed by atoms with van der Waals surface area (Å²) in [5, 5.41) is 0. The number of ether oxygens (including phenoxy) is 1. The van der Waals surface area contributed by atoms with Crippen molar-refractivity contribution in [1.29, 1.82) is 0 Å². The van der Waals surface area contributed by atoms with Gasteiger partial charge in [0.2, 0.25) is 0 Å². The van der Waals surface area contributed by atoms with Crippen LogP contribution < -0.4 is 0 Å². The largest absolute Gasteiger partial charge is 0.462 e. The van der Waals surface area contributed by atoms with Crippen LogP contribution in [0.25, 0.3) is 0 Å². The molecule has 2 atom stereocenters. The van der Waals surface area contributed by atoms with Crippen LogP contribution >= 0.6 is 0 Å². The van der Waals surface area contributed by atoms with Gasteiger partial charge >= 0.3 is 5.97 Å². The minimum atomic E-state index is -0.0118. The number of hydrogen-bond acceptors (Lipinski definition) is 2. The Labute approximate surface area is 124 Å². The van der Waals surface area contributed by atoms with Crippen LogP contribution in [0.5, 0.6) is 0 Å². The number of rotatable bonds is 5. The van der Waals surface area contributed by atoms with E-state index in [1.807, 2.05) is 6.92 Å². The zero-order valence-corrected chi connectivity index (χ0v) is 13.4. The Morgan fingerprint density at radius 2 is 1.75 bits per heavy atom. The fourth-order valence-electron chi connectivity index (χ4n) is 4.34. The summed E-state index contributed by atoms with van der Waals surface area (Å²) >= 11 is 0. The molecule has 2 rings (SSSR count). The smallest absolute Gasteiger partial charge is 0.305 e. The first-order valence-electron chi connectivity index (χ1n) is 8.92. The Morgan fingerprint density at radius 1 is 1.00 bits per heavy atom. The molecule has 2 aliphatic carbocycles. The van der Waals surface area contributed by atoms with E-state index in [0.717, 1.165) is 30.6 Å². The summed E-state index contributed by atoms with van der Waals surface area (Å²) in [4.78, 5) is 11.5. The molecule has 2 nitrogen and oxygen atoms in total. The van der Waals surface area contributed by atoms with E-state index in [2.05, 4.69) is 6.92 Å². The summed E-state index contributed by atoms with van der Waals surface area (Å²) in [5.74, 6) is 2.71. The third kappa shape index (κ3) is 4.49. The summed E-state index contributed by atoms with van der Waals surface area (Å²) in [6.07, 6.45) is 14.1. The Balaban J connectivity index is 1.76. The molecule has 2 aliphatic rings. The van der Waals surface area contributed by atoms with Gasteiger partial charge < -0.3 is 4.74 Å². The summed E-state index contributed by atoms with van der Waals surface area (Å²) in [5.41, 5.74) is 0. The zero-order valence-electron chi connectivity index (χ0n) is 13.4. The molecular formula is C18H32O2. The first-order chi connectivity index (χ1) is 9.72. The molecule has 0 aromatic heterocycles. The Hall–Kier alpha value is -0.530. The van der Waals surface area contributed by atoms with Crippen molar-refractivity contribution in [3.8, 4) is 0 Å². The van der Waals surface area contributed by atoms with Gasteiger partial charge in [-0.2, -0.15) is 0 Å². The lowest BCUT2D eigenvalue weighted by molar-refractivity contribution is -0.151. The maximum atomic E-state index is 11.5. The second kappa shape index (κ2) is 8.05. The average Bonchev–Trinajstić information content (AvgIpc) is 2.48. The fraction of sp³-hybridized carbons (Fsp3) is 0.944. The maximum absolute atomic E-state index is 11.5. The van der Waals surface area contributed by atoms with Gasteiger partial charge in [0.25, 0.3) is 0 Å². The van der Waals surface area contributed by atoms with Gasteiger partial charge in [-0.05, 0) is 56.3 Å². The van der Waals surface area contributed by atoms with Crippen LogP contribution in [0.4, 0.5) is 0 Å². The van der Waals surface area contributed by atoms with Crippen molar-refractivity contribution in [3.05, 3.63) is 0 Å². The predicted molar refractivity (Wildman–Crippen MR) is 82.5 cm³/mol. The van der Waals surface area contributed by atoms with Crippen molar-refractivity contribution in [2.75, 3.05) is 0 Å². The van der Waals surface area contributed by atoms with E-state index in [9.17, 15) is 4.79 Å². The van der Waals surface area contributed by atoms with Crippen molar-refractivity contribution < 1.29 is 9.53 Å². The van der Waals surface area contributed by atoms with Crippen LogP contribution in [0.3, 0.4) is 0 Å². The van der Waals surface area contributed by atoms with Crippen LogP contribution in [0.15, 0.2) is 0 Å². The van der Waals surface area contributed by atoms with Crippen molar-refractivity contribution in [2.24, 2.45) is 17.8 Å². The van der Waals surface area contributed by atoms with E-state index in [4.69, 9.17) is 4.74 Å². The van der Waals surface area contributed by atoms with E-state index in [1.54, 1.807) is 0 Å². The molecule has 0 bridgehead atoms. The normalized spacial score (nSPS) is 34.7. The van der Waals surface area contributed by atoms with E-state index in [0.29, 0.717) is 6.42 Å². The second-order valence-corrected chi connectivity index (χ2v) is 6.96. The first kappa shape index (κ1) is 15.9. The standard InChI is InChI=1S/C18H32O2/c1-3-6-14-9-11-15(12-10-14)16-7-5-8-17(13-16)20-18(19)4-2/h14-17H,3-13H2,1-2H3. The lowest BCUT2D eigenvalue weighted by atomic mass is 9.70. The summed E-state index contributed by atoms with van der Waals surface area (Å²) in [7, 11) is 0. The molecule has 2 unspecified atom stereocenters. The number of carbonyl (C=O) groups is 1. The minimum Gasteiger partial charge on any atom is -0.462 e. The SMILES string of the molecule is CCCC1CCC(C2CCCC(OC(=O)CC)C2)CC1. The molecule has 0 aromatic rings. The molecule has 0 aromatic carbocycles. The van der Waals surface area contributed by atoms with Crippen molar-refractivity contribution in [2.45, 2.75) is 90.6 Å². The minimum absolute atomic E-state index is 0.0118. The van der Waals surface area contributed by atoms with Crippen molar-refractivity contribution in [1.82, 2.24) is 0 Å². The van der Waals surface area contributed by atoms with Gasteiger partial charge in [-0.15, -0.1) is 0 Å². The van der Waals surface area contributed by atoms with Gasteiger partial charge in [0.1, 0.15) is 6.10 Å². The van der Waals surface area contributed by atoms with E-state index >= 15 is 0 Å². The van der Waals surface area contributed by atoms with Crippen LogP contribution in [0.2, 0.25) is 0 Å². The third-order valence-corrected chi connectivity index (χ3v) is 5.51. The lowest BCUT2D eigenvalue weighted by Crippen LogP contribution is -2.31. The zero-order chi connectivity index (χ0) is 14.4. The molecule has 0 heterocycles. The molecule has 0 aliphatic heterocycles. The molecule has 2 saturated carbocycles. The molecule has 0 saturated heterocycles. The predicted octanol–water partition coefficient (Wildman–Crippen LogP) is 5.10. The first-order valence-corrected chi connectivity index (χ1v) is 8.92. The van der Waals surface area contributed by atoms with Crippen LogP contribution in [-0.4, -0.2) is 12.1 Å². The molecule has 116 valence electrons. The quantitative estimate of drug-likeness (QED) is 0.654. The summed E-state index contributed by atoms with van der Waals surface area (Å²) < 4.78 is 5.58. The van der Waals surface area contributed by atoms with Crippen LogP contribution in [-0.2, 0) is 9.53 Å². The lowest BCUT2D eigenvalue weighted by Gasteiger charge is -2.38. The molecular weight excluding hydrogens is 248 g/mol. The highest BCUT2D eigenvalue weighted by Crippen LogP contribution is 2.41. The van der Waals surface area contributed by atoms with E-state index in [1.165, 1.54) is 51.4 Å². The monoisotopic (exact) mass is 280 g/mol. The second-order valence-electron chi connectivity index (χ2n) is 6.96. The average molecular weight is 280 g/mol. The molecule has 0 spiro atoms. The molecule has 20 heavy (non-hydrogen) atoms. The van der Waals surface area contributed by atoms with Gasteiger partial charge in [0.15, 0.2) is 0 Å². The van der Waals surface area contributed by atoms with Gasteiger partial charge in [0, 0.05) is 6.42 Å². The van der Waals surface area contributed by atoms with E-state index < -0.39 is 0 Å². The molecule has 0 N–H and O–H groups in total. The van der Waals surface area contributed by atoms with Gasteiger partial charge in [0.05, 0.1) is 0 Å². The topological polar surface area (TPSA) is 26.3 Å². The Morgan fingerprint density at radius 3 is 2.40 bits per heavy atom. The molecule has 2 fully saturated rings. The number of esters is 1. The fourth-order valence-corrected chi connectivity index (χ4v) is 4.34. The van der Waals surface area contributed by atoms with Gasteiger partial charge in [-0.3, -0.25) is 4.79 Å². The molecule has 0 radical (unpaired) electrons. The van der Waals surface area contributed by atoms with Crippen molar-refractivity contribution >= 4 is 5.97 Å². The third-order valence-electron chi connectivity index (χ3n) is 5.51. The van der Waals surface area contributed by atoms with Gasteiger partial charge in [-0.25, -0.2) is 0 Å². The van der Waals surface area contributed by atoms with Crippen LogP contribution in [0, 0.1) is 17.8 Å². The summed E-state index contributed by atoms with van der Waals surface area (Å²) in [6, 6.07) is 0. The molecule has 2 heteroatoms.